The summed E-state index contributed by atoms with van der Waals surface area (Å²) in [6.07, 6.45) is 2.56. The zero-order valence-corrected chi connectivity index (χ0v) is 20.7. The van der Waals surface area contributed by atoms with E-state index in [2.05, 4.69) is 90.2 Å². The quantitative estimate of drug-likeness (QED) is 0.221. The summed E-state index contributed by atoms with van der Waals surface area (Å²) >= 11 is 0. The summed E-state index contributed by atoms with van der Waals surface area (Å²) in [6, 6.07) is 1.70. The number of carbonyl (C=O) groups excluding carboxylic acids is 2. The monoisotopic (exact) mass is 472 g/mol. The maximum atomic E-state index is 7.75. The van der Waals surface area contributed by atoms with Gasteiger partial charge in [-0.2, -0.15) is 0 Å². The smallest absolute Gasteiger partial charge is 0.676 e. The average molecular weight is 472 g/mol. The fourth-order valence-electron chi connectivity index (χ4n) is 1.89. The van der Waals surface area contributed by atoms with Crippen LogP contribution in [-0.4, -0.2) is 50.1 Å². The minimum absolute atomic E-state index is 0. The predicted octanol–water partition coefficient (Wildman–Crippen LogP) is 6.02. The summed E-state index contributed by atoms with van der Waals surface area (Å²) in [7, 11) is 0. The van der Waals surface area contributed by atoms with Gasteiger partial charge in [-0.05, 0) is 0 Å². The predicted molar refractivity (Wildman–Crippen MR) is 116 cm³/mol. The van der Waals surface area contributed by atoms with Gasteiger partial charge in [-0.1, -0.05) is 68.2 Å². The zero-order chi connectivity index (χ0) is 21.7. The topological polar surface area (TPSA) is 90.5 Å². The van der Waals surface area contributed by atoms with Crippen LogP contribution in [0, 0.1) is 0 Å². The molecule has 27 heavy (non-hydrogen) atoms. The fraction of sp³-hybridized carbons (Fsp3) is 0.900. The van der Waals surface area contributed by atoms with Crippen molar-refractivity contribution in [2.24, 2.45) is 0 Å². The van der Waals surface area contributed by atoms with Crippen molar-refractivity contribution < 1.29 is 29.1 Å². The van der Waals surface area contributed by atoms with Gasteiger partial charge in [0.05, 0.1) is 0 Å². The first-order chi connectivity index (χ1) is 12.1. The molecule has 0 aromatic heterocycles. The van der Waals surface area contributed by atoms with E-state index in [-0.39, 0.29) is 31.8 Å². The second-order valence-corrected chi connectivity index (χ2v) is 6.56. The molecule has 0 aromatic rings. The van der Waals surface area contributed by atoms with E-state index >= 15 is 0 Å². The summed E-state index contributed by atoms with van der Waals surface area (Å²) in [5.74, 6) is 0. The van der Waals surface area contributed by atoms with Crippen LogP contribution in [0.25, 0.3) is 21.3 Å². The van der Waals surface area contributed by atoms with E-state index in [9.17, 15) is 0 Å². The first-order valence-electron chi connectivity index (χ1n) is 9.39. The van der Waals surface area contributed by atoms with Crippen molar-refractivity contribution in [2.45, 2.75) is 119 Å². The molecule has 0 saturated carbocycles. The van der Waals surface area contributed by atoms with Gasteiger partial charge in [0.15, 0.2) is 0 Å². The second-order valence-electron chi connectivity index (χ2n) is 6.56. The molecule has 7 heteroatoms. The molecular formula is C20H42N4O2Ru. The van der Waals surface area contributed by atoms with Crippen molar-refractivity contribution in [3.05, 3.63) is 21.3 Å². The molecular weight excluding hydrogens is 429 g/mol. The summed E-state index contributed by atoms with van der Waals surface area (Å²) in [4.78, 5) is 15.5. The molecule has 0 aliphatic heterocycles. The number of hydrogen-bond acceptors (Lipinski definition) is 2. The van der Waals surface area contributed by atoms with E-state index in [0.717, 1.165) is 12.8 Å². The third kappa shape index (κ3) is 37.3. The van der Waals surface area contributed by atoms with Crippen molar-refractivity contribution in [1.29, 1.82) is 0 Å². The van der Waals surface area contributed by atoms with Crippen LogP contribution in [-0.2, 0) is 29.1 Å². The van der Waals surface area contributed by atoms with Gasteiger partial charge in [0.25, 0.3) is 0 Å². The van der Waals surface area contributed by atoms with Crippen LogP contribution in [0.1, 0.15) is 82.1 Å². The maximum Gasteiger partial charge on any atom is 6.00 e. The van der Waals surface area contributed by atoms with Crippen molar-refractivity contribution >= 4 is 13.6 Å². The van der Waals surface area contributed by atoms with E-state index < -0.39 is 0 Å². The van der Waals surface area contributed by atoms with Crippen LogP contribution in [0.5, 0.6) is 0 Å². The first-order valence-corrected chi connectivity index (χ1v) is 9.39. The van der Waals surface area contributed by atoms with Gasteiger partial charge in [0.1, 0.15) is 0 Å². The Bertz CT molecular complexity index is 246. The van der Waals surface area contributed by atoms with E-state index in [1.807, 2.05) is 13.8 Å². The molecule has 6 nitrogen and oxygen atoms in total. The molecule has 162 valence electrons. The van der Waals surface area contributed by atoms with Gasteiger partial charge in [0.2, 0.25) is 0 Å². The Morgan fingerprint density at radius 2 is 0.778 bits per heavy atom. The molecule has 0 fully saturated rings. The largest absolute Gasteiger partial charge is 6.00 e. The number of rotatable bonds is 10. The van der Waals surface area contributed by atoms with E-state index in [1.54, 1.807) is 0 Å². The molecule has 0 spiro atoms. The molecule has 4 atom stereocenters. The van der Waals surface area contributed by atoms with Gasteiger partial charge >= 0.3 is 19.5 Å². The SMILES string of the molecule is CCC(C)[N-]C(C)[N-]C(C)C.CCC(C)[N-]C(C)[N-]C(C)C.[CH-]=O.[CH-]=O.[Ru+6]. The third-order valence-corrected chi connectivity index (χ3v) is 3.15. The summed E-state index contributed by atoms with van der Waals surface area (Å²) in [5, 5.41) is 17.7. The van der Waals surface area contributed by atoms with E-state index in [4.69, 9.17) is 9.59 Å². The van der Waals surface area contributed by atoms with Crippen molar-refractivity contribution in [3.8, 4) is 0 Å². The van der Waals surface area contributed by atoms with Crippen LogP contribution in [0.3, 0.4) is 0 Å². The van der Waals surface area contributed by atoms with Gasteiger partial charge in [-0.15, -0.1) is 38.0 Å². The van der Waals surface area contributed by atoms with Gasteiger partial charge in [-0.25, -0.2) is 12.3 Å². The molecule has 0 rings (SSSR count). The van der Waals surface area contributed by atoms with E-state index in [1.165, 1.54) is 0 Å². The Kier molecular flexibility index (Phi) is 39.0. The Labute approximate surface area is 182 Å². The molecule has 0 bridgehead atoms. The normalized spacial score (nSPS) is 14.1. The summed E-state index contributed by atoms with van der Waals surface area (Å²) in [5.41, 5.74) is 0. The Balaban J connectivity index is -0.0000000975. The zero-order valence-electron chi connectivity index (χ0n) is 19.0. The first kappa shape index (κ1) is 37.5. The Morgan fingerprint density at radius 3 is 0.926 bits per heavy atom. The summed E-state index contributed by atoms with van der Waals surface area (Å²) in [6.45, 7) is 27.5. The maximum absolute atomic E-state index is 7.75. The number of hydrogen-bond donors (Lipinski definition) is 0. The van der Waals surface area contributed by atoms with Crippen LogP contribution in [0.4, 0.5) is 0 Å². The van der Waals surface area contributed by atoms with Crippen molar-refractivity contribution in [3.63, 3.8) is 0 Å². The van der Waals surface area contributed by atoms with Crippen LogP contribution in [0.15, 0.2) is 0 Å². The molecule has 0 N–H and O–H groups in total. The van der Waals surface area contributed by atoms with Gasteiger partial charge in [-0.3, -0.25) is 13.6 Å². The van der Waals surface area contributed by atoms with Crippen LogP contribution >= 0.6 is 0 Å². The Hall–Kier alpha value is -0.197. The van der Waals surface area contributed by atoms with E-state index in [0.29, 0.717) is 24.2 Å². The molecule has 0 amide bonds. The second kappa shape index (κ2) is 28.0. The minimum atomic E-state index is 0. The minimum Gasteiger partial charge on any atom is -0.676 e. The van der Waals surface area contributed by atoms with Crippen molar-refractivity contribution in [1.82, 2.24) is 0 Å². The number of nitrogens with zero attached hydrogens (tertiary/aromatic N) is 4. The fourth-order valence-corrected chi connectivity index (χ4v) is 1.89. The molecule has 0 heterocycles. The van der Waals surface area contributed by atoms with Crippen LogP contribution < -0.4 is 0 Å². The molecule has 0 aliphatic rings. The van der Waals surface area contributed by atoms with Crippen molar-refractivity contribution in [2.75, 3.05) is 0 Å². The van der Waals surface area contributed by atoms with Crippen LogP contribution in [0.2, 0.25) is 0 Å². The summed E-state index contributed by atoms with van der Waals surface area (Å²) < 4.78 is 0. The standard InChI is InChI=1S/2C9H20N2.2CHO.Ru/c2*1-6-8(4)11-9(5)10-7(2)3;2*1-2;/h2*7-9H,6H2,1-5H3;2*1H;/q2*-2;2*-1;+6. The molecule has 4 unspecified atom stereocenters. The van der Waals surface area contributed by atoms with Gasteiger partial charge < -0.3 is 30.9 Å². The Morgan fingerprint density at radius 1 is 0.556 bits per heavy atom. The average Bonchev–Trinajstić information content (AvgIpc) is 2.57. The molecule has 0 radical (unpaired) electrons. The molecule has 0 aromatic carbocycles. The third-order valence-electron chi connectivity index (χ3n) is 3.15. The molecule has 0 saturated heterocycles. The van der Waals surface area contributed by atoms with Gasteiger partial charge in [0, 0.05) is 0 Å². The molecule has 0 aliphatic carbocycles.